The highest BCUT2D eigenvalue weighted by Gasteiger charge is 2.31. The van der Waals surface area contributed by atoms with Crippen molar-refractivity contribution in [3.05, 3.63) is 72.6 Å². The van der Waals surface area contributed by atoms with E-state index < -0.39 is 28.1 Å². The lowest BCUT2D eigenvalue weighted by molar-refractivity contribution is -0.274. The number of halogens is 3. The number of furan rings is 2. The van der Waals surface area contributed by atoms with Crippen molar-refractivity contribution >= 4 is 10.0 Å². The van der Waals surface area contributed by atoms with Gasteiger partial charge in [-0.3, -0.25) is 0 Å². The molecular formula is C17H14F3NO5S. The Labute approximate surface area is 152 Å². The monoisotopic (exact) mass is 401 g/mol. The van der Waals surface area contributed by atoms with E-state index in [1.165, 1.54) is 12.5 Å². The van der Waals surface area contributed by atoms with Gasteiger partial charge in [0.25, 0.3) is 0 Å². The van der Waals surface area contributed by atoms with Gasteiger partial charge in [0.05, 0.1) is 23.3 Å². The van der Waals surface area contributed by atoms with Crippen molar-refractivity contribution < 1.29 is 35.2 Å². The lowest BCUT2D eigenvalue weighted by atomic mass is 10.0. The van der Waals surface area contributed by atoms with E-state index in [2.05, 4.69) is 9.46 Å². The number of rotatable bonds is 7. The molecule has 2 aromatic heterocycles. The van der Waals surface area contributed by atoms with E-state index in [1.54, 1.807) is 24.3 Å². The van der Waals surface area contributed by atoms with E-state index in [0.29, 0.717) is 11.5 Å². The van der Waals surface area contributed by atoms with Crippen molar-refractivity contribution in [2.24, 2.45) is 0 Å². The molecule has 3 aromatic rings. The minimum absolute atomic E-state index is 0.0653. The van der Waals surface area contributed by atoms with Gasteiger partial charge in [0.1, 0.15) is 17.3 Å². The van der Waals surface area contributed by atoms with Crippen LogP contribution in [0.5, 0.6) is 5.75 Å². The summed E-state index contributed by atoms with van der Waals surface area (Å²) < 4.78 is 78.2. The summed E-state index contributed by atoms with van der Waals surface area (Å²) in [6, 6.07) is 10.6. The Morgan fingerprint density at radius 1 is 0.963 bits per heavy atom. The molecule has 2 heterocycles. The van der Waals surface area contributed by atoms with Gasteiger partial charge in [0, 0.05) is 6.54 Å². The summed E-state index contributed by atoms with van der Waals surface area (Å²) in [5, 5.41) is 0. The SMILES string of the molecule is O=S(=O)(NCC(c1ccco1)c1ccco1)c1ccc(OC(F)(F)F)cc1. The largest absolute Gasteiger partial charge is 0.573 e. The van der Waals surface area contributed by atoms with Crippen LogP contribution in [-0.2, 0) is 10.0 Å². The topological polar surface area (TPSA) is 81.7 Å². The van der Waals surface area contributed by atoms with Crippen molar-refractivity contribution in [3.8, 4) is 5.75 Å². The molecule has 0 aliphatic carbocycles. The number of alkyl halides is 3. The molecule has 0 bridgehead atoms. The quantitative estimate of drug-likeness (QED) is 0.650. The Kier molecular flexibility index (Phi) is 5.29. The van der Waals surface area contributed by atoms with Crippen LogP contribution in [0.25, 0.3) is 0 Å². The molecule has 0 spiro atoms. The smallest absolute Gasteiger partial charge is 0.469 e. The highest BCUT2D eigenvalue weighted by atomic mass is 32.2. The molecule has 144 valence electrons. The van der Waals surface area contributed by atoms with Crippen LogP contribution in [0.1, 0.15) is 17.4 Å². The fraction of sp³-hybridized carbons (Fsp3) is 0.176. The molecule has 0 fully saturated rings. The zero-order valence-electron chi connectivity index (χ0n) is 13.6. The Bertz CT molecular complexity index is 915. The summed E-state index contributed by atoms with van der Waals surface area (Å²) in [6.45, 7) is -0.0653. The van der Waals surface area contributed by atoms with Crippen LogP contribution in [0, 0.1) is 0 Å². The van der Waals surface area contributed by atoms with Crippen LogP contribution in [0.4, 0.5) is 13.2 Å². The lowest BCUT2D eigenvalue weighted by Gasteiger charge is -2.14. The molecule has 0 atom stereocenters. The highest BCUT2D eigenvalue weighted by molar-refractivity contribution is 7.89. The summed E-state index contributed by atoms with van der Waals surface area (Å²) in [4.78, 5) is -0.199. The van der Waals surface area contributed by atoms with Crippen LogP contribution in [0.2, 0.25) is 0 Å². The van der Waals surface area contributed by atoms with Gasteiger partial charge in [-0.2, -0.15) is 0 Å². The number of hydrogen-bond acceptors (Lipinski definition) is 5. The summed E-state index contributed by atoms with van der Waals surface area (Å²) >= 11 is 0. The zero-order valence-corrected chi connectivity index (χ0v) is 14.5. The van der Waals surface area contributed by atoms with Crippen LogP contribution in [0.3, 0.4) is 0 Å². The third-order valence-corrected chi connectivity index (χ3v) is 5.06. The minimum Gasteiger partial charge on any atom is -0.469 e. The van der Waals surface area contributed by atoms with Gasteiger partial charge in [-0.1, -0.05) is 0 Å². The molecule has 0 unspecified atom stereocenters. The van der Waals surface area contributed by atoms with Crippen molar-refractivity contribution in [3.63, 3.8) is 0 Å². The molecular weight excluding hydrogens is 387 g/mol. The third kappa shape index (κ3) is 4.92. The van der Waals surface area contributed by atoms with E-state index >= 15 is 0 Å². The first-order valence-corrected chi connectivity index (χ1v) is 9.15. The molecule has 0 saturated heterocycles. The Hall–Kier alpha value is -2.72. The minimum atomic E-state index is -4.85. The maximum atomic E-state index is 12.4. The number of nitrogens with one attached hydrogen (secondary N) is 1. The standard InChI is InChI=1S/C17H14F3NO5S/c18-17(19,20)26-12-5-7-13(8-6-12)27(22,23)21-11-14(15-3-1-9-24-15)16-4-2-10-25-16/h1-10,14,21H,11H2. The first-order chi connectivity index (χ1) is 12.7. The average molecular weight is 401 g/mol. The van der Waals surface area contributed by atoms with Crippen LogP contribution in [0.15, 0.2) is 74.8 Å². The molecule has 0 saturated carbocycles. The molecule has 1 aromatic carbocycles. The van der Waals surface area contributed by atoms with E-state index in [1.807, 2.05) is 0 Å². The Morgan fingerprint density at radius 3 is 1.96 bits per heavy atom. The second-order valence-corrected chi connectivity index (χ2v) is 7.22. The highest BCUT2D eigenvalue weighted by Crippen LogP contribution is 2.26. The number of ether oxygens (including phenoxy) is 1. The molecule has 27 heavy (non-hydrogen) atoms. The molecule has 1 N–H and O–H groups in total. The van der Waals surface area contributed by atoms with Crippen molar-refractivity contribution in [1.82, 2.24) is 4.72 Å². The van der Waals surface area contributed by atoms with Crippen LogP contribution in [-0.4, -0.2) is 21.3 Å². The lowest BCUT2D eigenvalue weighted by Crippen LogP contribution is -2.28. The Morgan fingerprint density at radius 2 is 1.52 bits per heavy atom. The first-order valence-electron chi connectivity index (χ1n) is 7.67. The Balaban J connectivity index is 1.74. The van der Waals surface area contributed by atoms with E-state index in [4.69, 9.17) is 8.83 Å². The van der Waals surface area contributed by atoms with Gasteiger partial charge in [0.2, 0.25) is 10.0 Å². The number of benzene rings is 1. The normalized spacial score (nSPS) is 12.4. The molecule has 3 rings (SSSR count). The van der Waals surface area contributed by atoms with E-state index in [9.17, 15) is 21.6 Å². The fourth-order valence-electron chi connectivity index (χ4n) is 2.42. The average Bonchev–Trinajstić information content (AvgIpc) is 3.28. The molecule has 0 aliphatic rings. The molecule has 0 amide bonds. The van der Waals surface area contributed by atoms with Gasteiger partial charge in [-0.15, -0.1) is 13.2 Å². The van der Waals surface area contributed by atoms with E-state index in [0.717, 1.165) is 24.3 Å². The van der Waals surface area contributed by atoms with E-state index in [-0.39, 0.29) is 11.4 Å². The zero-order chi connectivity index (χ0) is 19.5. The third-order valence-electron chi connectivity index (χ3n) is 3.62. The number of sulfonamides is 1. The first kappa shape index (κ1) is 19.1. The number of hydrogen-bond donors (Lipinski definition) is 1. The van der Waals surface area contributed by atoms with Gasteiger partial charge in [0.15, 0.2) is 0 Å². The van der Waals surface area contributed by atoms with Gasteiger partial charge >= 0.3 is 6.36 Å². The maximum Gasteiger partial charge on any atom is 0.573 e. The molecule has 0 radical (unpaired) electrons. The summed E-state index contributed by atoms with van der Waals surface area (Å²) in [5.41, 5.74) is 0. The van der Waals surface area contributed by atoms with Gasteiger partial charge < -0.3 is 13.6 Å². The van der Waals surface area contributed by atoms with Gasteiger partial charge in [-0.05, 0) is 48.5 Å². The second kappa shape index (κ2) is 7.49. The maximum absolute atomic E-state index is 12.4. The molecule has 6 nitrogen and oxygen atoms in total. The summed E-state index contributed by atoms with van der Waals surface area (Å²) in [6.07, 6.45) is -1.93. The predicted octanol–water partition coefficient (Wildman–Crippen LogP) is 3.88. The molecule has 0 aliphatic heterocycles. The van der Waals surface area contributed by atoms with Gasteiger partial charge in [-0.25, -0.2) is 13.1 Å². The van der Waals surface area contributed by atoms with Crippen LogP contribution < -0.4 is 9.46 Å². The van der Waals surface area contributed by atoms with Crippen molar-refractivity contribution in [2.45, 2.75) is 17.2 Å². The van der Waals surface area contributed by atoms with Crippen molar-refractivity contribution in [1.29, 1.82) is 0 Å². The summed E-state index contributed by atoms with van der Waals surface area (Å²) in [7, 11) is -3.97. The molecule has 10 heteroatoms. The summed E-state index contributed by atoms with van der Waals surface area (Å²) in [5.74, 6) is -0.00809. The second-order valence-electron chi connectivity index (χ2n) is 5.45. The fourth-order valence-corrected chi connectivity index (χ4v) is 3.46. The van der Waals surface area contributed by atoms with Crippen molar-refractivity contribution in [2.75, 3.05) is 6.54 Å². The van der Waals surface area contributed by atoms with Crippen LogP contribution >= 0.6 is 0 Å². The predicted molar refractivity (Wildman–Crippen MR) is 87.6 cm³/mol.